The van der Waals surface area contributed by atoms with Crippen molar-refractivity contribution in [3.05, 3.63) is 64.6 Å². The molecule has 0 amide bonds. The lowest BCUT2D eigenvalue weighted by molar-refractivity contribution is 0.898. The second kappa shape index (κ2) is 7.27. The van der Waals surface area contributed by atoms with Crippen LogP contribution in [0.1, 0.15) is 11.5 Å². The van der Waals surface area contributed by atoms with Gasteiger partial charge < -0.3 is 0 Å². The Hall–Kier alpha value is -0.380. The summed E-state index contributed by atoms with van der Waals surface area (Å²) < 4.78 is 1.13. The largest absolute Gasteiger partial charge is 0.179 e. The Bertz CT molecular complexity index is 485. The van der Waals surface area contributed by atoms with Gasteiger partial charge in [0.2, 0.25) is 0 Å². The van der Waals surface area contributed by atoms with Gasteiger partial charge in [-0.05, 0) is 29.5 Å². The van der Waals surface area contributed by atoms with E-state index in [4.69, 9.17) is 0 Å². The minimum Gasteiger partial charge on any atom is -0.179 e. The van der Waals surface area contributed by atoms with Gasteiger partial charge in [-0.1, -0.05) is 52.3 Å². The van der Waals surface area contributed by atoms with Gasteiger partial charge in [0.15, 0.2) is 0 Å². The number of hydrogen-bond acceptors (Lipinski definition) is 2. The summed E-state index contributed by atoms with van der Waals surface area (Å²) in [6.07, 6.45) is 0. The van der Waals surface area contributed by atoms with Crippen molar-refractivity contribution in [2.75, 3.05) is 11.5 Å². The molecule has 0 spiro atoms. The molecule has 0 nitrogen and oxygen atoms in total. The van der Waals surface area contributed by atoms with Gasteiger partial charge in [0, 0.05) is 21.0 Å². The quantitative estimate of drug-likeness (QED) is 0.573. The van der Waals surface area contributed by atoms with Crippen molar-refractivity contribution in [1.82, 2.24) is 0 Å². The summed E-state index contributed by atoms with van der Waals surface area (Å²) in [5.41, 5.74) is 1.37. The van der Waals surface area contributed by atoms with Crippen molar-refractivity contribution in [1.29, 1.82) is 0 Å². The highest BCUT2D eigenvalue weighted by atomic mass is 79.9. The van der Waals surface area contributed by atoms with E-state index < -0.39 is 0 Å². The van der Waals surface area contributed by atoms with Crippen LogP contribution in [0.15, 0.2) is 64.0 Å². The van der Waals surface area contributed by atoms with E-state index in [9.17, 15) is 0 Å². The topological polar surface area (TPSA) is 0 Å². The predicted molar refractivity (Wildman–Crippen MR) is 87.9 cm³/mol. The minimum atomic E-state index is 0.499. The first-order valence-electron chi connectivity index (χ1n) is 5.84. The third-order valence-corrected chi connectivity index (χ3v) is 4.83. The van der Waals surface area contributed by atoms with Crippen molar-refractivity contribution in [3.8, 4) is 0 Å². The van der Waals surface area contributed by atoms with Gasteiger partial charge in [-0.25, -0.2) is 0 Å². The van der Waals surface area contributed by atoms with Crippen LogP contribution < -0.4 is 0 Å². The van der Waals surface area contributed by atoms with Gasteiger partial charge in [0.25, 0.3) is 0 Å². The number of halogens is 1. The molecular formula is C15H15BrS2. The Kier molecular flexibility index (Phi) is 5.67. The summed E-state index contributed by atoms with van der Waals surface area (Å²) in [6.45, 7) is 0. The highest BCUT2D eigenvalue weighted by molar-refractivity contribution is 9.10. The molecule has 0 N–H and O–H groups in total. The van der Waals surface area contributed by atoms with Gasteiger partial charge in [-0.3, -0.25) is 0 Å². The van der Waals surface area contributed by atoms with Crippen molar-refractivity contribution in [3.63, 3.8) is 0 Å². The van der Waals surface area contributed by atoms with Gasteiger partial charge in [0.1, 0.15) is 0 Å². The first-order valence-corrected chi connectivity index (χ1v) is 8.25. The van der Waals surface area contributed by atoms with E-state index >= 15 is 0 Å². The summed E-state index contributed by atoms with van der Waals surface area (Å²) in [5.74, 6) is 2.44. The normalized spacial score (nSPS) is 12.3. The Morgan fingerprint density at radius 1 is 1.06 bits per heavy atom. The van der Waals surface area contributed by atoms with Crippen LogP contribution in [0.2, 0.25) is 0 Å². The van der Waals surface area contributed by atoms with Gasteiger partial charge in [-0.15, -0.1) is 11.8 Å². The number of thiol groups is 1. The molecule has 0 fully saturated rings. The summed E-state index contributed by atoms with van der Waals surface area (Å²) in [5, 5.41) is 0. The maximum atomic E-state index is 4.47. The maximum Gasteiger partial charge on any atom is 0.0186 e. The zero-order chi connectivity index (χ0) is 12.8. The average molecular weight is 339 g/mol. The van der Waals surface area contributed by atoms with Crippen molar-refractivity contribution in [2.24, 2.45) is 0 Å². The van der Waals surface area contributed by atoms with Crippen LogP contribution >= 0.6 is 40.3 Å². The molecule has 0 bridgehead atoms. The third-order valence-electron chi connectivity index (χ3n) is 2.74. The fourth-order valence-corrected chi connectivity index (χ4v) is 3.89. The molecule has 0 saturated heterocycles. The fourth-order valence-electron chi connectivity index (χ4n) is 1.73. The number of hydrogen-bond donors (Lipinski definition) is 1. The molecular weight excluding hydrogens is 324 g/mol. The molecule has 0 aliphatic carbocycles. The molecule has 0 aromatic heterocycles. The molecule has 2 aromatic rings. The number of thioether (sulfide) groups is 1. The molecule has 18 heavy (non-hydrogen) atoms. The monoisotopic (exact) mass is 338 g/mol. The van der Waals surface area contributed by atoms with Crippen molar-refractivity contribution >= 4 is 40.3 Å². The minimum absolute atomic E-state index is 0.499. The van der Waals surface area contributed by atoms with Crippen molar-refractivity contribution < 1.29 is 0 Å². The Balaban J connectivity index is 2.00. The molecule has 0 aliphatic heterocycles. The van der Waals surface area contributed by atoms with E-state index in [-0.39, 0.29) is 0 Å². The third kappa shape index (κ3) is 4.08. The Morgan fingerprint density at radius 2 is 1.83 bits per heavy atom. The lowest BCUT2D eigenvalue weighted by atomic mass is 10.0. The highest BCUT2D eigenvalue weighted by Gasteiger charge is 2.09. The van der Waals surface area contributed by atoms with Crippen molar-refractivity contribution in [2.45, 2.75) is 10.8 Å². The standard InChI is InChI=1S/C15H15BrS2/c16-14-7-4-8-15(9-14)18-11-13(10-17)12-5-2-1-3-6-12/h1-9,13,17H,10-11H2. The highest BCUT2D eigenvalue weighted by Crippen LogP contribution is 2.28. The molecule has 2 rings (SSSR count). The Morgan fingerprint density at radius 3 is 2.50 bits per heavy atom. The maximum absolute atomic E-state index is 4.47. The van der Waals surface area contributed by atoms with Crippen LogP contribution in [0, 0.1) is 0 Å². The molecule has 1 unspecified atom stereocenters. The van der Waals surface area contributed by atoms with E-state index in [1.54, 1.807) is 0 Å². The fraction of sp³-hybridized carbons (Fsp3) is 0.200. The molecule has 0 radical (unpaired) electrons. The van der Waals surface area contributed by atoms with E-state index in [1.807, 2.05) is 11.8 Å². The zero-order valence-electron chi connectivity index (χ0n) is 9.92. The first kappa shape index (κ1) is 14.0. The lowest BCUT2D eigenvalue weighted by Crippen LogP contribution is -2.03. The van der Waals surface area contributed by atoms with Gasteiger partial charge >= 0.3 is 0 Å². The molecule has 0 saturated carbocycles. The molecule has 3 heteroatoms. The lowest BCUT2D eigenvalue weighted by Gasteiger charge is -2.14. The second-order valence-electron chi connectivity index (χ2n) is 4.06. The molecule has 94 valence electrons. The van der Waals surface area contributed by atoms with Crippen LogP contribution in [0.4, 0.5) is 0 Å². The van der Waals surface area contributed by atoms with Gasteiger partial charge in [-0.2, -0.15) is 12.6 Å². The van der Waals surface area contributed by atoms with Crippen LogP contribution in [0.5, 0.6) is 0 Å². The number of benzene rings is 2. The summed E-state index contributed by atoms with van der Waals surface area (Å²) in [4.78, 5) is 1.30. The predicted octanol–water partition coefficient (Wildman–Crippen LogP) is 5.25. The molecule has 1 atom stereocenters. The molecule has 2 aromatic carbocycles. The van der Waals surface area contributed by atoms with E-state index in [2.05, 4.69) is 83.2 Å². The smallest absolute Gasteiger partial charge is 0.0186 e. The first-order chi connectivity index (χ1) is 8.79. The summed E-state index contributed by atoms with van der Waals surface area (Å²) in [6, 6.07) is 19.0. The van der Waals surface area contributed by atoms with E-state index in [1.165, 1.54) is 10.5 Å². The SMILES string of the molecule is SCC(CSc1cccc(Br)c1)c1ccccc1. The second-order valence-corrected chi connectivity index (χ2v) is 6.43. The zero-order valence-corrected chi connectivity index (χ0v) is 13.2. The van der Waals surface area contributed by atoms with E-state index in [0.29, 0.717) is 5.92 Å². The van der Waals surface area contributed by atoms with Crippen LogP contribution in [-0.4, -0.2) is 11.5 Å². The number of rotatable bonds is 5. The van der Waals surface area contributed by atoms with Crippen LogP contribution in [-0.2, 0) is 0 Å². The molecule has 0 heterocycles. The van der Waals surface area contributed by atoms with Crippen LogP contribution in [0.3, 0.4) is 0 Å². The van der Waals surface area contributed by atoms with E-state index in [0.717, 1.165) is 16.0 Å². The summed E-state index contributed by atoms with van der Waals surface area (Å²) in [7, 11) is 0. The Labute approximate surface area is 127 Å². The van der Waals surface area contributed by atoms with Crippen LogP contribution in [0.25, 0.3) is 0 Å². The molecule has 0 aliphatic rings. The average Bonchev–Trinajstić information content (AvgIpc) is 2.41. The summed E-state index contributed by atoms with van der Waals surface area (Å²) >= 11 is 9.86. The van der Waals surface area contributed by atoms with Gasteiger partial charge in [0.05, 0.1) is 0 Å².